The number of aliphatic hydroxyl groups is 1. The molecule has 0 aliphatic carbocycles. The Morgan fingerprint density at radius 1 is 1.33 bits per heavy atom. The fourth-order valence-electron chi connectivity index (χ4n) is 2.45. The van der Waals surface area contributed by atoms with Gasteiger partial charge in [0, 0.05) is 0 Å². The third kappa shape index (κ3) is 5.97. The van der Waals surface area contributed by atoms with Gasteiger partial charge in [-0.3, -0.25) is 9.78 Å². The molecule has 2 N–H and O–H groups in total. The SMILES string of the molecule is CC1CCC(C(=O)Nc2ccc(CO)nc2)O1.COc1cccc(F)c1F. The van der Waals surface area contributed by atoms with Crippen molar-refractivity contribution in [2.75, 3.05) is 12.4 Å². The second-order valence-corrected chi connectivity index (χ2v) is 5.95. The van der Waals surface area contributed by atoms with Gasteiger partial charge in [-0.15, -0.1) is 0 Å². The van der Waals surface area contributed by atoms with Crippen LogP contribution >= 0.6 is 0 Å². The van der Waals surface area contributed by atoms with Gasteiger partial charge >= 0.3 is 0 Å². The standard InChI is InChI=1S/C12H16N2O3.C7H6F2O/c1-8-2-5-11(17-8)12(16)14-9-3-4-10(7-15)13-6-9;1-10-6-4-2-3-5(8)7(6)9/h3-4,6,8,11,15H,2,5,7H2,1H3,(H,14,16);2-4H,1H3. The second kappa shape index (κ2) is 9.94. The maximum absolute atomic E-state index is 12.5. The van der Waals surface area contributed by atoms with E-state index in [1.807, 2.05) is 6.92 Å². The van der Waals surface area contributed by atoms with Crippen molar-refractivity contribution in [3.8, 4) is 5.75 Å². The van der Waals surface area contributed by atoms with E-state index in [1.165, 1.54) is 25.4 Å². The molecular weight excluding hydrogens is 358 g/mol. The number of hydrogen-bond donors (Lipinski definition) is 2. The summed E-state index contributed by atoms with van der Waals surface area (Å²) >= 11 is 0. The zero-order chi connectivity index (χ0) is 19.8. The van der Waals surface area contributed by atoms with Crippen LogP contribution in [-0.2, 0) is 16.1 Å². The average molecular weight is 380 g/mol. The Morgan fingerprint density at radius 2 is 2.11 bits per heavy atom. The van der Waals surface area contributed by atoms with Crippen LogP contribution in [0.3, 0.4) is 0 Å². The fraction of sp³-hybridized carbons (Fsp3) is 0.368. The van der Waals surface area contributed by atoms with Gasteiger partial charge in [0.15, 0.2) is 11.6 Å². The average Bonchev–Trinajstić information content (AvgIpc) is 3.12. The quantitative estimate of drug-likeness (QED) is 0.852. The van der Waals surface area contributed by atoms with E-state index in [0.717, 1.165) is 18.9 Å². The normalized spacial score (nSPS) is 18.4. The molecule has 146 valence electrons. The summed E-state index contributed by atoms with van der Waals surface area (Å²) < 4.78 is 34.8. The number of benzene rings is 1. The van der Waals surface area contributed by atoms with E-state index in [1.54, 1.807) is 12.1 Å². The van der Waals surface area contributed by atoms with Crippen molar-refractivity contribution in [2.24, 2.45) is 0 Å². The van der Waals surface area contributed by atoms with Gasteiger partial charge in [-0.1, -0.05) is 6.07 Å². The van der Waals surface area contributed by atoms with Crippen molar-refractivity contribution >= 4 is 11.6 Å². The lowest BCUT2D eigenvalue weighted by molar-refractivity contribution is -0.126. The summed E-state index contributed by atoms with van der Waals surface area (Å²) in [5.41, 5.74) is 1.20. The molecule has 6 nitrogen and oxygen atoms in total. The molecule has 1 amide bonds. The van der Waals surface area contributed by atoms with Crippen LogP contribution in [0.1, 0.15) is 25.5 Å². The van der Waals surface area contributed by atoms with Crippen LogP contribution in [0.5, 0.6) is 5.75 Å². The first-order valence-electron chi connectivity index (χ1n) is 8.44. The monoisotopic (exact) mass is 380 g/mol. The topological polar surface area (TPSA) is 80.7 Å². The van der Waals surface area contributed by atoms with Crippen LogP contribution in [0.25, 0.3) is 0 Å². The first-order chi connectivity index (χ1) is 12.9. The van der Waals surface area contributed by atoms with Crippen molar-refractivity contribution < 1.29 is 28.2 Å². The minimum Gasteiger partial charge on any atom is -0.494 e. The molecule has 2 atom stereocenters. The predicted molar refractivity (Wildman–Crippen MR) is 95.3 cm³/mol. The fourth-order valence-corrected chi connectivity index (χ4v) is 2.45. The number of carbonyl (C=O) groups is 1. The van der Waals surface area contributed by atoms with Gasteiger partial charge in [-0.05, 0) is 44.0 Å². The molecule has 2 unspecified atom stereocenters. The number of methoxy groups -OCH3 is 1. The van der Waals surface area contributed by atoms with E-state index < -0.39 is 11.6 Å². The van der Waals surface area contributed by atoms with Crippen molar-refractivity contribution in [1.29, 1.82) is 0 Å². The molecule has 27 heavy (non-hydrogen) atoms. The number of hydrogen-bond acceptors (Lipinski definition) is 5. The van der Waals surface area contributed by atoms with Crippen molar-refractivity contribution in [3.05, 3.63) is 53.9 Å². The van der Waals surface area contributed by atoms with Crippen molar-refractivity contribution in [3.63, 3.8) is 0 Å². The summed E-state index contributed by atoms with van der Waals surface area (Å²) in [5, 5.41) is 11.6. The molecular formula is C19H22F2N2O4. The Balaban J connectivity index is 0.000000223. The summed E-state index contributed by atoms with van der Waals surface area (Å²) in [6.07, 6.45) is 3.00. The molecule has 2 heterocycles. The number of aliphatic hydroxyl groups excluding tert-OH is 1. The van der Waals surface area contributed by atoms with Crippen LogP contribution in [0.2, 0.25) is 0 Å². The molecule has 1 aromatic heterocycles. The molecule has 0 spiro atoms. The zero-order valence-corrected chi connectivity index (χ0v) is 15.1. The van der Waals surface area contributed by atoms with Gasteiger partial charge in [0.25, 0.3) is 5.91 Å². The zero-order valence-electron chi connectivity index (χ0n) is 15.1. The number of carbonyl (C=O) groups excluding carboxylic acids is 1. The molecule has 1 fully saturated rings. The van der Waals surface area contributed by atoms with Crippen LogP contribution in [0, 0.1) is 11.6 Å². The van der Waals surface area contributed by atoms with Crippen molar-refractivity contribution in [1.82, 2.24) is 4.98 Å². The van der Waals surface area contributed by atoms with Gasteiger partial charge in [0.1, 0.15) is 6.10 Å². The molecule has 1 saturated heterocycles. The molecule has 0 saturated carbocycles. The number of nitrogens with zero attached hydrogens (tertiary/aromatic N) is 1. The van der Waals surface area contributed by atoms with Crippen LogP contribution in [-0.4, -0.2) is 35.3 Å². The third-order valence-electron chi connectivity index (χ3n) is 3.91. The number of halogens is 2. The minimum atomic E-state index is -0.940. The predicted octanol–water partition coefficient (Wildman–Crippen LogP) is 3.05. The summed E-state index contributed by atoms with van der Waals surface area (Å²) in [4.78, 5) is 15.8. The van der Waals surface area contributed by atoms with E-state index in [2.05, 4.69) is 15.0 Å². The highest BCUT2D eigenvalue weighted by atomic mass is 19.2. The maximum atomic E-state index is 12.5. The van der Waals surface area contributed by atoms with Gasteiger partial charge in [0.2, 0.25) is 5.82 Å². The molecule has 2 aromatic rings. The summed E-state index contributed by atoms with van der Waals surface area (Å²) in [6.45, 7) is 1.86. The third-order valence-corrected chi connectivity index (χ3v) is 3.91. The summed E-state index contributed by atoms with van der Waals surface area (Å²) in [7, 11) is 1.29. The first kappa shape index (κ1) is 20.7. The van der Waals surface area contributed by atoms with Crippen LogP contribution in [0.15, 0.2) is 36.5 Å². The Labute approximate surface area is 156 Å². The van der Waals surface area contributed by atoms with E-state index in [0.29, 0.717) is 11.4 Å². The van der Waals surface area contributed by atoms with E-state index in [-0.39, 0.29) is 30.5 Å². The molecule has 1 aliphatic heterocycles. The highest BCUT2D eigenvalue weighted by Crippen LogP contribution is 2.20. The highest BCUT2D eigenvalue weighted by Gasteiger charge is 2.28. The summed E-state index contributed by atoms with van der Waals surface area (Å²) in [6, 6.07) is 7.18. The number of amides is 1. The number of aromatic nitrogens is 1. The molecule has 8 heteroatoms. The van der Waals surface area contributed by atoms with E-state index in [4.69, 9.17) is 9.84 Å². The minimum absolute atomic E-state index is 0.0694. The largest absolute Gasteiger partial charge is 0.494 e. The molecule has 0 radical (unpaired) electrons. The van der Waals surface area contributed by atoms with Gasteiger partial charge in [0.05, 0.1) is 37.4 Å². The molecule has 1 aliphatic rings. The summed E-state index contributed by atoms with van der Waals surface area (Å²) in [5.74, 6) is -2.03. The Kier molecular flexibility index (Phi) is 7.63. The smallest absolute Gasteiger partial charge is 0.253 e. The Hall–Kier alpha value is -2.58. The number of nitrogens with one attached hydrogen (secondary N) is 1. The first-order valence-corrected chi connectivity index (χ1v) is 8.44. The lowest BCUT2D eigenvalue weighted by Crippen LogP contribution is -2.27. The Bertz CT molecular complexity index is 756. The number of anilines is 1. The second-order valence-electron chi connectivity index (χ2n) is 5.95. The lowest BCUT2D eigenvalue weighted by Gasteiger charge is -2.11. The van der Waals surface area contributed by atoms with Crippen LogP contribution in [0.4, 0.5) is 14.5 Å². The number of rotatable bonds is 4. The van der Waals surface area contributed by atoms with E-state index in [9.17, 15) is 13.6 Å². The Morgan fingerprint density at radius 3 is 2.63 bits per heavy atom. The number of ether oxygens (including phenoxy) is 2. The maximum Gasteiger partial charge on any atom is 0.253 e. The molecule has 3 rings (SSSR count). The van der Waals surface area contributed by atoms with Gasteiger partial charge < -0.3 is 19.9 Å². The molecule has 1 aromatic carbocycles. The lowest BCUT2D eigenvalue weighted by atomic mass is 10.2. The molecule has 0 bridgehead atoms. The number of pyridine rings is 1. The van der Waals surface area contributed by atoms with E-state index >= 15 is 0 Å². The van der Waals surface area contributed by atoms with Gasteiger partial charge in [-0.2, -0.15) is 4.39 Å². The van der Waals surface area contributed by atoms with Crippen molar-refractivity contribution in [2.45, 2.75) is 38.6 Å². The van der Waals surface area contributed by atoms with Crippen LogP contribution < -0.4 is 10.1 Å². The van der Waals surface area contributed by atoms with Gasteiger partial charge in [-0.25, -0.2) is 4.39 Å². The highest BCUT2D eigenvalue weighted by molar-refractivity contribution is 5.94.